The van der Waals surface area contributed by atoms with Crippen molar-refractivity contribution in [3.8, 4) is 6.07 Å². The van der Waals surface area contributed by atoms with Gasteiger partial charge in [-0.1, -0.05) is 13.8 Å². The monoisotopic (exact) mass is 741 g/mol. The van der Waals surface area contributed by atoms with Crippen molar-refractivity contribution in [2.75, 3.05) is 25.1 Å². The second kappa shape index (κ2) is 14.4. The fourth-order valence-corrected chi connectivity index (χ4v) is 7.71. The number of anilines is 1. The van der Waals surface area contributed by atoms with Crippen LogP contribution in [0.15, 0.2) is 29.6 Å². The summed E-state index contributed by atoms with van der Waals surface area (Å²) in [6, 6.07) is 3.61. The average molecular weight is 742 g/mol. The number of phosphoric acid groups is 1. The molecule has 0 aromatic carbocycles. The van der Waals surface area contributed by atoms with Crippen molar-refractivity contribution in [2.45, 2.75) is 58.0 Å². The lowest BCUT2D eigenvalue weighted by Gasteiger charge is -2.24. The van der Waals surface area contributed by atoms with E-state index in [0.717, 1.165) is 10.9 Å². The van der Waals surface area contributed by atoms with Gasteiger partial charge in [-0.25, -0.2) is 18.9 Å². The number of imidazole rings is 2. The molecule has 0 aliphatic carbocycles. The zero-order valence-electron chi connectivity index (χ0n) is 25.9. The van der Waals surface area contributed by atoms with Gasteiger partial charge in [0.1, 0.15) is 30.2 Å². The number of rotatable bonds is 6. The molecule has 1 fully saturated rings. The number of halogens is 1. The largest absolute Gasteiger partial charge is 0.473 e. The normalized spacial score (nSPS) is 28.2. The van der Waals surface area contributed by atoms with E-state index in [1.54, 1.807) is 24.5 Å². The number of amides is 1. The lowest BCUT2D eigenvalue weighted by Crippen LogP contribution is -2.32. The molecule has 4 aromatic heterocycles. The minimum atomic E-state index is -5.06. The number of pyridine rings is 1. The van der Waals surface area contributed by atoms with Gasteiger partial charge in [-0.3, -0.25) is 38.5 Å². The average Bonchev–Trinajstić information content (AvgIpc) is 3.72. The Morgan fingerprint density at radius 3 is 2.94 bits per heavy atom. The van der Waals surface area contributed by atoms with Crippen LogP contribution in [0.25, 0.3) is 22.2 Å². The first kappa shape index (κ1) is 35.3. The van der Waals surface area contributed by atoms with Gasteiger partial charge in [0, 0.05) is 18.7 Å². The number of fused-ring (bicyclic) bond motifs is 6. The molecule has 6 heterocycles. The topological polar surface area (TPSA) is 240 Å². The number of ether oxygens (including phenoxy) is 1. The van der Waals surface area contributed by atoms with Crippen molar-refractivity contribution in [3.05, 3.63) is 41.0 Å². The molecule has 19 nitrogen and oxygen atoms in total. The van der Waals surface area contributed by atoms with Crippen LogP contribution in [0.3, 0.4) is 0 Å². The van der Waals surface area contributed by atoms with E-state index in [1.165, 1.54) is 12.4 Å². The zero-order valence-corrected chi connectivity index (χ0v) is 28.5. The molecule has 2 aliphatic rings. The number of phosphoric ester groups is 1. The third-order valence-corrected chi connectivity index (χ3v) is 10.8. The number of carbonyl (C=O) groups is 1. The summed E-state index contributed by atoms with van der Waals surface area (Å²) in [6.45, 7) is -1.57. The summed E-state index contributed by atoms with van der Waals surface area (Å²) in [5.41, 5.74) is -0.0375. The lowest BCUT2D eigenvalue weighted by molar-refractivity contribution is -0.118. The Balaban J connectivity index is 1.38. The predicted octanol–water partition coefficient (Wildman–Crippen LogP) is 2.60. The van der Waals surface area contributed by atoms with E-state index >= 15 is 4.39 Å². The van der Waals surface area contributed by atoms with Crippen LogP contribution in [0, 0.1) is 17.2 Å². The summed E-state index contributed by atoms with van der Waals surface area (Å²) in [6.07, 6.45) is -2.96. The van der Waals surface area contributed by atoms with Crippen LogP contribution >= 0.6 is 14.5 Å². The summed E-state index contributed by atoms with van der Waals surface area (Å²) in [7, 11) is -5.06. The number of nitrogens with one attached hydrogen (secondary N) is 2. The Bertz CT molecular complexity index is 2070. The summed E-state index contributed by atoms with van der Waals surface area (Å²) in [4.78, 5) is 55.2. The van der Waals surface area contributed by atoms with E-state index in [0.29, 0.717) is 11.0 Å². The van der Waals surface area contributed by atoms with Crippen LogP contribution in [0.2, 0.25) is 0 Å². The molecule has 0 saturated carbocycles. The molecular formula is C26H30FN9O10P2S. The molecule has 49 heavy (non-hydrogen) atoms. The van der Waals surface area contributed by atoms with Crippen LogP contribution in [0.1, 0.15) is 32.3 Å². The number of nitriles is 1. The van der Waals surface area contributed by atoms with E-state index in [1.807, 2.05) is 6.07 Å². The van der Waals surface area contributed by atoms with Crippen molar-refractivity contribution >= 4 is 60.4 Å². The maximum atomic E-state index is 16.3. The van der Waals surface area contributed by atoms with Gasteiger partial charge in [-0.05, 0) is 17.9 Å². The molecule has 1 saturated heterocycles. The van der Waals surface area contributed by atoms with Gasteiger partial charge in [0.2, 0.25) is 11.9 Å². The Morgan fingerprint density at radius 1 is 1.35 bits per heavy atom. The molecule has 1 amide bonds. The standard InChI is InChI=1S/C26H30FN9O10P2S/c1-14(2)23(37)33-26-32-22-20(24(38)34-26)30-13-36(22)25-21-19(27)17(45-25)11-44-48(49,41-8-3-5-28)42-9-7-35-16-4-6-29-10-15(16)31-18(35)12-43-47(39,40)46-21/h4,6,10,13-14,17,19,21,25H,3,7-9,11-12H2,1-2H3,(H,39,40)(H2,32,33,34,37,38)/t17-,19-,21-,25-,48?/m1/s1. The third kappa shape index (κ3) is 7.64. The molecule has 23 heteroatoms. The molecule has 6 rings (SSSR count). The number of carbonyl (C=O) groups excluding carboxylic acids is 1. The number of alkyl halides is 1. The van der Waals surface area contributed by atoms with Crippen LogP contribution in [0.4, 0.5) is 10.3 Å². The molecule has 0 radical (unpaired) electrons. The highest BCUT2D eigenvalue weighted by atomic mass is 32.5. The first-order valence-electron chi connectivity index (χ1n) is 14.8. The highest BCUT2D eigenvalue weighted by molar-refractivity contribution is 8.07. The van der Waals surface area contributed by atoms with Gasteiger partial charge in [0.15, 0.2) is 23.6 Å². The molecule has 0 spiro atoms. The predicted molar refractivity (Wildman–Crippen MR) is 170 cm³/mol. The Kier molecular flexibility index (Phi) is 10.3. The number of hydrogen-bond donors (Lipinski definition) is 3. The van der Waals surface area contributed by atoms with Crippen molar-refractivity contribution < 1.29 is 46.0 Å². The van der Waals surface area contributed by atoms with Gasteiger partial charge < -0.3 is 27.8 Å². The quantitative estimate of drug-likeness (QED) is 0.190. The van der Waals surface area contributed by atoms with Crippen LogP contribution in [0.5, 0.6) is 0 Å². The molecule has 4 aromatic rings. The number of aromatic nitrogens is 7. The number of nitrogens with zero attached hydrogens (tertiary/aromatic N) is 7. The fourth-order valence-electron chi connectivity index (χ4n) is 5.04. The van der Waals surface area contributed by atoms with Crippen LogP contribution in [-0.4, -0.2) is 83.1 Å². The smallest absolute Gasteiger partial charge is 0.346 e. The van der Waals surface area contributed by atoms with Crippen molar-refractivity contribution in [3.63, 3.8) is 0 Å². The van der Waals surface area contributed by atoms with E-state index in [9.17, 15) is 19.0 Å². The SMILES string of the molecule is CC(C)C(=O)Nc1nc2c(ncn2[C@@H]2O[C@@H]3COP(=S)(OCCC#N)OCCn4c(nc5cnccc54)COP(=O)(O)O[C@@H]2[C@@H]3F)c(=O)[nH]1. The van der Waals surface area contributed by atoms with Crippen molar-refractivity contribution in [1.82, 2.24) is 34.1 Å². The Labute approximate surface area is 281 Å². The van der Waals surface area contributed by atoms with E-state index in [-0.39, 0.29) is 49.1 Å². The van der Waals surface area contributed by atoms with Gasteiger partial charge in [0.05, 0.1) is 50.4 Å². The highest BCUT2D eigenvalue weighted by Gasteiger charge is 2.51. The van der Waals surface area contributed by atoms with Gasteiger partial charge >= 0.3 is 14.5 Å². The van der Waals surface area contributed by atoms with Gasteiger partial charge in [0.25, 0.3) is 5.56 Å². The summed E-state index contributed by atoms with van der Waals surface area (Å²) < 4.78 is 66.5. The molecule has 2 aliphatic heterocycles. The highest BCUT2D eigenvalue weighted by Crippen LogP contribution is 2.53. The molecular weight excluding hydrogens is 711 g/mol. The Hall–Kier alpha value is -3.54. The minimum absolute atomic E-state index is 0.0271. The molecule has 6 atom stereocenters. The van der Waals surface area contributed by atoms with Crippen LogP contribution in [-0.2, 0) is 61.7 Å². The maximum absolute atomic E-state index is 16.3. The Morgan fingerprint density at radius 2 is 2.16 bits per heavy atom. The number of hydrogen-bond acceptors (Lipinski definition) is 15. The summed E-state index contributed by atoms with van der Waals surface area (Å²) in [5, 5.41) is 11.5. The lowest BCUT2D eigenvalue weighted by atomic mass is 10.1. The molecule has 3 N–H and O–H groups in total. The second-order valence-electron chi connectivity index (χ2n) is 11.1. The minimum Gasteiger partial charge on any atom is -0.346 e. The number of aromatic amines is 1. The van der Waals surface area contributed by atoms with Crippen LogP contribution < -0.4 is 10.9 Å². The van der Waals surface area contributed by atoms with Gasteiger partial charge in [-0.15, -0.1) is 0 Å². The van der Waals surface area contributed by atoms with Gasteiger partial charge in [-0.2, -0.15) is 10.2 Å². The zero-order chi connectivity index (χ0) is 34.9. The molecule has 2 unspecified atom stereocenters. The van der Waals surface area contributed by atoms with E-state index in [4.69, 9.17) is 44.4 Å². The first-order chi connectivity index (χ1) is 23.4. The van der Waals surface area contributed by atoms with E-state index < -0.39 is 69.7 Å². The first-order valence-corrected chi connectivity index (χ1v) is 18.9. The molecule has 262 valence electrons. The summed E-state index contributed by atoms with van der Waals surface area (Å²) >= 11 is 5.58. The number of H-pyrrole nitrogens is 1. The van der Waals surface area contributed by atoms with E-state index in [2.05, 4.69) is 30.2 Å². The fraction of sp³-hybridized carbons (Fsp3) is 0.500. The van der Waals surface area contributed by atoms with Crippen molar-refractivity contribution in [1.29, 1.82) is 5.26 Å². The second-order valence-corrected chi connectivity index (χ2v) is 15.5. The maximum Gasteiger partial charge on any atom is 0.473 e. The summed E-state index contributed by atoms with van der Waals surface area (Å²) in [5.74, 6) is -0.928. The third-order valence-electron chi connectivity index (χ3n) is 7.40. The molecule has 2 bridgehead atoms. The van der Waals surface area contributed by atoms with Crippen molar-refractivity contribution in [2.24, 2.45) is 5.92 Å².